The third-order valence-electron chi connectivity index (χ3n) is 4.68. The lowest BCUT2D eigenvalue weighted by atomic mass is 10.1. The standard InChI is InChI=1S/C22H21F3N4O2/c1-4-10-29-18-7-5-6-15(16(18)12-26-29)20-27-21(31-28-20)14-8-9-19(30-13(2)3)17(11-14)22(23,24)25/h5-9,11-13H,4,10H2,1-3H3. The van der Waals surface area contributed by atoms with E-state index >= 15 is 0 Å². The van der Waals surface area contributed by atoms with Crippen molar-refractivity contribution in [2.75, 3.05) is 0 Å². The molecule has 0 N–H and O–H groups in total. The lowest BCUT2D eigenvalue weighted by Gasteiger charge is -2.16. The van der Waals surface area contributed by atoms with Gasteiger partial charge < -0.3 is 9.26 Å². The molecule has 4 rings (SSSR count). The molecule has 0 amide bonds. The molecular weight excluding hydrogens is 409 g/mol. The number of benzene rings is 2. The fourth-order valence-corrected chi connectivity index (χ4v) is 3.38. The molecule has 162 valence electrons. The number of hydrogen-bond donors (Lipinski definition) is 0. The van der Waals surface area contributed by atoms with Crippen molar-refractivity contribution in [3.63, 3.8) is 0 Å². The molecule has 2 heterocycles. The van der Waals surface area contributed by atoms with Gasteiger partial charge in [-0.05, 0) is 44.5 Å². The van der Waals surface area contributed by atoms with Crippen LogP contribution in [0.5, 0.6) is 5.75 Å². The molecule has 0 fully saturated rings. The van der Waals surface area contributed by atoms with Gasteiger partial charge in [-0.1, -0.05) is 24.2 Å². The van der Waals surface area contributed by atoms with Crippen LogP contribution in [-0.2, 0) is 12.7 Å². The summed E-state index contributed by atoms with van der Waals surface area (Å²) in [6, 6.07) is 9.36. The van der Waals surface area contributed by atoms with E-state index in [2.05, 4.69) is 22.2 Å². The van der Waals surface area contributed by atoms with Gasteiger partial charge in [0.25, 0.3) is 5.89 Å². The number of alkyl halides is 3. The summed E-state index contributed by atoms with van der Waals surface area (Å²) < 4.78 is 53.1. The molecule has 0 aliphatic heterocycles. The first-order chi connectivity index (χ1) is 14.8. The van der Waals surface area contributed by atoms with Crippen molar-refractivity contribution in [3.8, 4) is 28.6 Å². The second kappa shape index (κ2) is 8.05. The lowest BCUT2D eigenvalue weighted by Crippen LogP contribution is -2.13. The third-order valence-corrected chi connectivity index (χ3v) is 4.68. The van der Waals surface area contributed by atoms with Crippen molar-refractivity contribution in [1.82, 2.24) is 19.9 Å². The van der Waals surface area contributed by atoms with Crippen molar-refractivity contribution in [2.45, 2.75) is 46.0 Å². The van der Waals surface area contributed by atoms with Gasteiger partial charge in [0.2, 0.25) is 5.82 Å². The largest absolute Gasteiger partial charge is 0.490 e. The molecule has 4 aromatic rings. The predicted molar refractivity (Wildman–Crippen MR) is 110 cm³/mol. The van der Waals surface area contributed by atoms with Gasteiger partial charge in [0.05, 0.1) is 23.4 Å². The number of aromatic nitrogens is 4. The van der Waals surface area contributed by atoms with E-state index in [-0.39, 0.29) is 23.0 Å². The highest BCUT2D eigenvalue weighted by Crippen LogP contribution is 2.39. The number of halogens is 3. The smallest absolute Gasteiger partial charge is 0.419 e. The molecule has 0 radical (unpaired) electrons. The number of rotatable bonds is 6. The molecule has 2 aromatic carbocycles. The van der Waals surface area contributed by atoms with Gasteiger partial charge in [-0.2, -0.15) is 23.3 Å². The first-order valence-corrected chi connectivity index (χ1v) is 9.94. The van der Waals surface area contributed by atoms with E-state index in [9.17, 15) is 13.2 Å². The van der Waals surface area contributed by atoms with Crippen LogP contribution in [0.15, 0.2) is 47.1 Å². The van der Waals surface area contributed by atoms with Crippen molar-refractivity contribution in [3.05, 3.63) is 48.2 Å². The van der Waals surface area contributed by atoms with Crippen LogP contribution in [0.3, 0.4) is 0 Å². The number of ether oxygens (including phenoxy) is 1. The van der Waals surface area contributed by atoms with Crippen LogP contribution < -0.4 is 4.74 Å². The Bertz CT molecular complexity index is 1210. The van der Waals surface area contributed by atoms with Crippen molar-refractivity contribution in [1.29, 1.82) is 0 Å². The predicted octanol–water partition coefficient (Wildman–Crippen LogP) is 5.97. The Kier molecular flexibility index (Phi) is 5.43. The maximum atomic E-state index is 13.5. The summed E-state index contributed by atoms with van der Waals surface area (Å²) in [4.78, 5) is 4.35. The first-order valence-electron chi connectivity index (χ1n) is 9.94. The number of fused-ring (bicyclic) bond motifs is 1. The molecule has 0 bridgehead atoms. The quantitative estimate of drug-likeness (QED) is 0.377. The van der Waals surface area contributed by atoms with Crippen LogP contribution in [0.1, 0.15) is 32.8 Å². The Morgan fingerprint density at radius 3 is 2.68 bits per heavy atom. The Morgan fingerprint density at radius 1 is 1.16 bits per heavy atom. The Labute approximate surface area is 176 Å². The molecule has 9 heteroatoms. The SMILES string of the molecule is CCCn1ncc2c(-c3noc(-c4ccc(OC(C)C)c(C(F)(F)F)c4)n3)cccc21. The summed E-state index contributed by atoms with van der Waals surface area (Å²) in [7, 11) is 0. The molecule has 6 nitrogen and oxygen atoms in total. The summed E-state index contributed by atoms with van der Waals surface area (Å²) in [5, 5.41) is 9.24. The maximum Gasteiger partial charge on any atom is 0.419 e. The molecule has 0 saturated carbocycles. The van der Waals surface area contributed by atoms with E-state index in [1.807, 2.05) is 22.9 Å². The Hall–Kier alpha value is -3.36. The van der Waals surface area contributed by atoms with Crippen LogP contribution in [0.4, 0.5) is 13.2 Å². The Balaban J connectivity index is 1.74. The minimum Gasteiger partial charge on any atom is -0.490 e. The summed E-state index contributed by atoms with van der Waals surface area (Å²) >= 11 is 0. The molecule has 0 aliphatic carbocycles. The maximum absolute atomic E-state index is 13.5. The summed E-state index contributed by atoms with van der Waals surface area (Å²) in [6.45, 7) is 6.17. The average molecular weight is 430 g/mol. The highest BCUT2D eigenvalue weighted by atomic mass is 19.4. The third kappa shape index (κ3) is 4.12. The minimum absolute atomic E-state index is 0.00505. The molecule has 0 unspecified atom stereocenters. The van der Waals surface area contributed by atoms with E-state index in [1.54, 1.807) is 20.0 Å². The van der Waals surface area contributed by atoms with Crippen LogP contribution in [0.2, 0.25) is 0 Å². The van der Waals surface area contributed by atoms with Crippen molar-refractivity contribution >= 4 is 10.9 Å². The topological polar surface area (TPSA) is 66.0 Å². The molecule has 2 aromatic heterocycles. The number of hydrogen-bond acceptors (Lipinski definition) is 5. The fourth-order valence-electron chi connectivity index (χ4n) is 3.38. The van der Waals surface area contributed by atoms with E-state index in [0.717, 1.165) is 29.9 Å². The molecular formula is C22H21F3N4O2. The van der Waals surface area contributed by atoms with Crippen LogP contribution in [-0.4, -0.2) is 26.0 Å². The fraction of sp³-hybridized carbons (Fsp3) is 0.318. The van der Waals surface area contributed by atoms with E-state index in [4.69, 9.17) is 9.26 Å². The summed E-state index contributed by atoms with van der Waals surface area (Å²) in [5.41, 5.74) is 0.906. The van der Waals surface area contributed by atoms with Crippen molar-refractivity contribution in [2.24, 2.45) is 0 Å². The van der Waals surface area contributed by atoms with Gasteiger partial charge in [0, 0.05) is 23.1 Å². The monoisotopic (exact) mass is 430 g/mol. The number of nitrogens with zero attached hydrogens (tertiary/aromatic N) is 4. The van der Waals surface area contributed by atoms with E-state index in [0.29, 0.717) is 5.56 Å². The molecule has 0 aliphatic rings. The van der Waals surface area contributed by atoms with E-state index in [1.165, 1.54) is 12.1 Å². The van der Waals surface area contributed by atoms with Gasteiger partial charge in [0.1, 0.15) is 5.75 Å². The van der Waals surface area contributed by atoms with Gasteiger partial charge in [-0.25, -0.2) is 0 Å². The molecule has 0 atom stereocenters. The summed E-state index contributed by atoms with van der Waals surface area (Å²) in [5.74, 6) is 0.0429. The second-order valence-electron chi connectivity index (χ2n) is 7.40. The zero-order valence-electron chi connectivity index (χ0n) is 17.3. The second-order valence-corrected chi connectivity index (χ2v) is 7.40. The van der Waals surface area contributed by atoms with Crippen LogP contribution >= 0.6 is 0 Å². The number of aryl methyl sites for hydroxylation is 1. The van der Waals surface area contributed by atoms with E-state index < -0.39 is 17.8 Å². The van der Waals surface area contributed by atoms with Gasteiger partial charge in [0.15, 0.2) is 0 Å². The zero-order chi connectivity index (χ0) is 22.2. The highest BCUT2D eigenvalue weighted by Gasteiger charge is 2.35. The molecule has 0 saturated heterocycles. The van der Waals surface area contributed by atoms with Gasteiger partial charge in [-0.15, -0.1) is 0 Å². The normalized spacial score (nSPS) is 12.1. The lowest BCUT2D eigenvalue weighted by molar-refractivity contribution is -0.139. The molecule has 0 spiro atoms. The Morgan fingerprint density at radius 2 is 1.97 bits per heavy atom. The first kappa shape index (κ1) is 20.9. The minimum atomic E-state index is -4.58. The highest BCUT2D eigenvalue weighted by molar-refractivity contribution is 5.92. The molecule has 31 heavy (non-hydrogen) atoms. The summed E-state index contributed by atoms with van der Waals surface area (Å²) in [6.07, 6.45) is -2.31. The average Bonchev–Trinajstić information content (AvgIpc) is 3.35. The van der Waals surface area contributed by atoms with Crippen LogP contribution in [0.25, 0.3) is 33.7 Å². The zero-order valence-corrected chi connectivity index (χ0v) is 17.3. The van der Waals surface area contributed by atoms with Gasteiger partial charge >= 0.3 is 6.18 Å². The van der Waals surface area contributed by atoms with Crippen LogP contribution in [0, 0.1) is 0 Å². The van der Waals surface area contributed by atoms with Gasteiger partial charge in [-0.3, -0.25) is 4.68 Å². The van der Waals surface area contributed by atoms with Crippen molar-refractivity contribution < 1.29 is 22.4 Å².